The number of hydrogen-bond donors (Lipinski definition) is 0. The molecule has 0 aromatic heterocycles. The fourth-order valence-electron chi connectivity index (χ4n) is 1.75. The summed E-state index contributed by atoms with van der Waals surface area (Å²) in [5.74, 6) is -6.10. The van der Waals surface area contributed by atoms with Crippen LogP contribution in [0.5, 0.6) is 5.75 Å². The summed E-state index contributed by atoms with van der Waals surface area (Å²) in [6.45, 7) is 1.19. The highest BCUT2D eigenvalue weighted by Gasteiger charge is 2.29. The first-order valence-corrected chi connectivity index (χ1v) is 6.25. The highest BCUT2D eigenvalue weighted by molar-refractivity contribution is 5.65. The van der Waals surface area contributed by atoms with Gasteiger partial charge in [-0.25, -0.2) is 17.6 Å². The van der Waals surface area contributed by atoms with Gasteiger partial charge in [0.1, 0.15) is 11.6 Å². The van der Waals surface area contributed by atoms with Gasteiger partial charge in [0.05, 0.1) is 0 Å². The van der Waals surface area contributed by atoms with E-state index in [9.17, 15) is 26.3 Å². The van der Waals surface area contributed by atoms with Gasteiger partial charge in [-0.15, -0.1) is 0 Å². The molecule has 0 saturated heterocycles. The lowest BCUT2D eigenvalue weighted by atomic mass is 10.0. The van der Waals surface area contributed by atoms with Crippen LogP contribution in [0.15, 0.2) is 30.3 Å². The van der Waals surface area contributed by atoms with Crippen molar-refractivity contribution in [1.82, 2.24) is 0 Å². The molecule has 0 saturated carbocycles. The summed E-state index contributed by atoms with van der Waals surface area (Å²) >= 11 is 0. The topological polar surface area (TPSA) is 9.23 Å². The molecule has 0 heterocycles. The third-order valence-electron chi connectivity index (χ3n) is 2.91. The first kappa shape index (κ1) is 16.2. The van der Waals surface area contributed by atoms with Crippen molar-refractivity contribution in [2.75, 3.05) is 0 Å². The lowest BCUT2D eigenvalue weighted by Crippen LogP contribution is -2.23. The number of rotatable bonds is 4. The van der Waals surface area contributed by atoms with Crippen molar-refractivity contribution in [3.05, 3.63) is 53.6 Å². The lowest BCUT2D eigenvalue weighted by Gasteiger charge is -2.16. The zero-order valence-corrected chi connectivity index (χ0v) is 11.3. The molecular weight excluding hydrogens is 310 g/mol. The molecule has 0 bridgehead atoms. The van der Waals surface area contributed by atoms with Gasteiger partial charge in [-0.3, -0.25) is 0 Å². The second-order valence-corrected chi connectivity index (χ2v) is 4.49. The summed E-state index contributed by atoms with van der Waals surface area (Å²) in [6, 6.07) is 3.93. The molecule has 0 aliphatic rings. The number of alkyl halides is 2. The Hall–Kier alpha value is -2.18. The van der Waals surface area contributed by atoms with Crippen LogP contribution >= 0.6 is 0 Å². The fourth-order valence-corrected chi connectivity index (χ4v) is 1.75. The quantitative estimate of drug-likeness (QED) is 0.549. The number of hydrogen-bond acceptors (Lipinski definition) is 1. The molecule has 0 amide bonds. The average molecular weight is 320 g/mol. The highest BCUT2D eigenvalue weighted by Crippen LogP contribution is 2.31. The SMILES string of the molecule is CCC(F)(F)Oc1ccc(-c2cc(F)c(F)c(F)c2)c(F)c1. The van der Waals surface area contributed by atoms with Gasteiger partial charge in [0, 0.05) is 18.1 Å². The molecule has 2 aromatic carbocycles. The molecule has 0 aliphatic carbocycles. The van der Waals surface area contributed by atoms with Crippen LogP contribution in [0, 0.1) is 23.3 Å². The molecule has 22 heavy (non-hydrogen) atoms. The van der Waals surface area contributed by atoms with Gasteiger partial charge in [0.2, 0.25) is 0 Å². The standard InChI is InChI=1S/C15H10F6O/c1-2-15(20,21)22-9-3-4-10(11(16)7-9)8-5-12(17)14(19)13(18)6-8/h3-7H,2H2,1H3. The van der Waals surface area contributed by atoms with Crippen LogP contribution in [-0.2, 0) is 0 Å². The summed E-state index contributed by atoms with van der Waals surface area (Å²) in [7, 11) is 0. The first-order valence-electron chi connectivity index (χ1n) is 6.25. The Morgan fingerprint density at radius 2 is 1.50 bits per heavy atom. The van der Waals surface area contributed by atoms with Crippen LogP contribution in [0.4, 0.5) is 26.3 Å². The molecule has 7 heteroatoms. The highest BCUT2D eigenvalue weighted by atomic mass is 19.3. The van der Waals surface area contributed by atoms with E-state index in [-0.39, 0.29) is 11.1 Å². The maximum atomic E-state index is 13.9. The van der Waals surface area contributed by atoms with E-state index in [4.69, 9.17) is 0 Å². The second kappa shape index (κ2) is 5.90. The van der Waals surface area contributed by atoms with E-state index in [0.29, 0.717) is 18.2 Å². The minimum Gasteiger partial charge on any atom is -0.432 e. The normalized spacial score (nSPS) is 11.6. The number of ether oxygens (including phenoxy) is 1. The molecule has 0 unspecified atom stereocenters. The van der Waals surface area contributed by atoms with Crippen LogP contribution in [-0.4, -0.2) is 6.11 Å². The predicted molar refractivity (Wildman–Crippen MR) is 67.6 cm³/mol. The van der Waals surface area contributed by atoms with Crippen molar-refractivity contribution < 1.29 is 31.1 Å². The molecule has 2 aromatic rings. The van der Waals surface area contributed by atoms with Gasteiger partial charge in [-0.05, 0) is 29.8 Å². The smallest absolute Gasteiger partial charge is 0.397 e. The van der Waals surface area contributed by atoms with Crippen LogP contribution in [0.1, 0.15) is 13.3 Å². The van der Waals surface area contributed by atoms with Gasteiger partial charge in [0.25, 0.3) is 0 Å². The Morgan fingerprint density at radius 1 is 0.909 bits per heavy atom. The van der Waals surface area contributed by atoms with Gasteiger partial charge in [0.15, 0.2) is 17.5 Å². The summed E-state index contributed by atoms with van der Waals surface area (Å²) in [4.78, 5) is 0. The van der Waals surface area contributed by atoms with Gasteiger partial charge >= 0.3 is 6.11 Å². The van der Waals surface area contributed by atoms with Crippen molar-refractivity contribution in [2.45, 2.75) is 19.5 Å². The second-order valence-electron chi connectivity index (χ2n) is 4.49. The van der Waals surface area contributed by atoms with Gasteiger partial charge in [-0.2, -0.15) is 8.78 Å². The van der Waals surface area contributed by atoms with E-state index in [1.807, 2.05) is 0 Å². The Bertz CT molecular complexity index is 675. The van der Waals surface area contributed by atoms with E-state index in [0.717, 1.165) is 12.1 Å². The molecule has 118 valence electrons. The minimum absolute atomic E-state index is 0.261. The summed E-state index contributed by atoms with van der Waals surface area (Å²) < 4.78 is 83.5. The Balaban J connectivity index is 2.38. The van der Waals surface area contributed by atoms with E-state index in [2.05, 4.69) is 4.74 Å². The predicted octanol–water partition coefficient (Wildman–Crippen LogP) is 5.29. The van der Waals surface area contributed by atoms with E-state index >= 15 is 0 Å². The monoisotopic (exact) mass is 320 g/mol. The maximum Gasteiger partial charge on any atom is 0.397 e. The lowest BCUT2D eigenvalue weighted by molar-refractivity contribution is -0.177. The fraction of sp³-hybridized carbons (Fsp3) is 0.200. The first-order chi connectivity index (χ1) is 10.2. The summed E-state index contributed by atoms with van der Waals surface area (Å²) in [5.41, 5.74) is -0.535. The zero-order chi connectivity index (χ0) is 16.5. The van der Waals surface area contributed by atoms with Crippen molar-refractivity contribution in [2.24, 2.45) is 0 Å². The van der Waals surface area contributed by atoms with Crippen LogP contribution in [0.25, 0.3) is 11.1 Å². The third kappa shape index (κ3) is 3.35. The van der Waals surface area contributed by atoms with E-state index in [1.165, 1.54) is 6.92 Å². The van der Waals surface area contributed by atoms with Gasteiger partial charge < -0.3 is 4.74 Å². The molecule has 0 atom stereocenters. The average Bonchev–Trinajstić information content (AvgIpc) is 2.44. The summed E-state index contributed by atoms with van der Waals surface area (Å²) in [5, 5.41) is 0. The Labute approximate surface area is 122 Å². The van der Waals surface area contributed by atoms with Gasteiger partial charge in [-0.1, -0.05) is 6.92 Å². The third-order valence-corrected chi connectivity index (χ3v) is 2.91. The molecule has 0 radical (unpaired) electrons. The zero-order valence-electron chi connectivity index (χ0n) is 11.3. The van der Waals surface area contributed by atoms with Crippen molar-refractivity contribution in [3.8, 4) is 16.9 Å². The Morgan fingerprint density at radius 3 is 2.00 bits per heavy atom. The van der Waals surface area contributed by atoms with Crippen LogP contribution in [0.3, 0.4) is 0 Å². The van der Waals surface area contributed by atoms with E-state index < -0.39 is 41.5 Å². The molecule has 1 nitrogen and oxygen atoms in total. The molecule has 0 aliphatic heterocycles. The van der Waals surface area contributed by atoms with Crippen molar-refractivity contribution in [1.29, 1.82) is 0 Å². The number of benzene rings is 2. The largest absolute Gasteiger partial charge is 0.432 e. The molecule has 2 rings (SSSR count). The van der Waals surface area contributed by atoms with Crippen LogP contribution in [0.2, 0.25) is 0 Å². The van der Waals surface area contributed by atoms with Crippen molar-refractivity contribution >= 4 is 0 Å². The van der Waals surface area contributed by atoms with Crippen LogP contribution < -0.4 is 4.74 Å². The summed E-state index contributed by atoms with van der Waals surface area (Å²) in [6.07, 6.45) is -4.06. The molecule has 0 fully saturated rings. The minimum atomic E-state index is -3.46. The maximum absolute atomic E-state index is 13.9. The van der Waals surface area contributed by atoms with E-state index in [1.54, 1.807) is 0 Å². The Kier molecular flexibility index (Phi) is 4.35. The number of halogens is 6. The molecule has 0 spiro atoms. The molecular formula is C15H10F6O. The molecule has 0 N–H and O–H groups in total. The van der Waals surface area contributed by atoms with Crippen molar-refractivity contribution in [3.63, 3.8) is 0 Å².